The molecule has 0 radical (unpaired) electrons. The third-order valence-corrected chi connectivity index (χ3v) is 3.02. The summed E-state index contributed by atoms with van der Waals surface area (Å²) in [5.41, 5.74) is -0.0778. The standard InChI is InChI=1S/C10H15BrClN3O/c1-10(2,3)7(5-16)14-8-6(11)4-13-9(12)15-8/h4,7,16H,5H2,1-3H3,(H,13,14,15)/t7-/m0/s1. The number of nitrogens with zero attached hydrogens (tertiary/aromatic N) is 2. The van der Waals surface area contributed by atoms with Crippen LogP contribution in [-0.2, 0) is 0 Å². The zero-order chi connectivity index (χ0) is 12.3. The van der Waals surface area contributed by atoms with Gasteiger partial charge in [-0.15, -0.1) is 0 Å². The molecule has 0 aliphatic rings. The third-order valence-electron chi connectivity index (χ3n) is 2.25. The van der Waals surface area contributed by atoms with Crippen molar-refractivity contribution in [3.05, 3.63) is 16.0 Å². The number of anilines is 1. The van der Waals surface area contributed by atoms with Crippen LogP contribution in [-0.4, -0.2) is 27.7 Å². The fourth-order valence-corrected chi connectivity index (χ4v) is 1.59. The molecule has 0 spiro atoms. The highest BCUT2D eigenvalue weighted by atomic mass is 79.9. The van der Waals surface area contributed by atoms with E-state index in [-0.39, 0.29) is 23.3 Å². The minimum Gasteiger partial charge on any atom is -0.394 e. The number of aliphatic hydroxyl groups is 1. The lowest BCUT2D eigenvalue weighted by Gasteiger charge is -2.30. The van der Waals surface area contributed by atoms with Crippen LogP contribution < -0.4 is 5.32 Å². The van der Waals surface area contributed by atoms with E-state index >= 15 is 0 Å². The van der Waals surface area contributed by atoms with Crippen molar-refractivity contribution in [3.8, 4) is 0 Å². The summed E-state index contributed by atoms with van der Waals surface area (Å²) in [5.74, 6) is 0.592. The number of hydrogen-bond donors (Lipinski definition) is 2. The quantitative estimate of drug-likeness (QED) is 0.843. The fraction of sp³-hybridized carbons (Fsp3) is 0.600. The fourth-order valence-electron chi connectivity index (χ4n) is 1.15. The summed E-state index contributed by atoms with van der Waals surface area (Å²) in [6.07, 6.45) is 1.58. The minimum absolute atomic E-state index is 0.0254. The van der Waals surface area contributed by atoms with Gasteiger partial charge in [-0.05, 0) is 32.9 Å². The first kappa shape index (κ1) is 13.7. The van der Waals surface area contributed by atoms with Gasteiger partial charge in [-0.3, -0.25) is 0 Å². The molecule has 90 valence electrons. The minimum atomic E-state index is -0.102. The lowest BCUT2D eigenvalue weighted by Crippen LogP contribution is -2.37. The zero-order valence-electron chi connectivity index (χ0n) is 9.46. The van der Waals surface area contributed by atoms with Crippen LogP contribution in [0.25, 0.3) is 0 Å². The van der Waals surface area contributed by atoms with Gasteiger partial charge in [-0.25, -0.2) is 4.98 Å². The first-order valence-electron chi connectivity index (χ1n) is 4.90. The molecular formula is C10H15BrClN3O. The van der Waals surface area contributed by atoms with Gasteiger partial charge in [-0.1, -0.05) is 20.8 Å². The summed E-state index contributed by atoms with van der Waals surface area (Å²) in [4.78, 5) is 7.90. The second-order valence-electron chi connectivity index (χ2n) is 4.58. The summed E-state index contributed by atoms with van der Waals surface area (Å²) in [6, 6.07) is -0.102. The van der Waals surface area contributed by atoms with Gasteiger partial charge in [0.25, 0.3) is 0 Å². The van der Waals surface area contributed by atoms with Gasteiger partial charge < -0.3 is 10.4 Å². The molecule has 1 aromatic rings. The average Bonchev–Trinajstić information content (AvgIpc) is 2.17. The molecule has 6 heteroatoms. The van der Waals surface area contributed by atoms with Crippen LogP contribution >= 0.6 is 27.5 Å². The topological polar surface area (TPSA) is 58.0 Å². The Labute approximate surface area is 109 Å². The third kappa shape index (κ3) is 3.57. The highest BCUT2D eigenvalue weighted by molar-refractivity contribution is 9.10. The van der Waals surface area contributed by atoms with E-state index in [4.69, 9.17) is 11.6 Å². The van der Waals surface area contributed by atoms with Crippen molar-refractivity contribution < 1.29 is 5.11 Å². The van der Waals surface area contributed by atoms with E-state index in [1.807, 2.05) is 20.8 Å². The predicted octanol–water partition coefficient (Wildman–Crippen LogP) is 2.71. The summed E-state index contributed by atoms with van der Waals surface area (Å²) in [5, 5.41) is 12.7. The summed E-state index contributed by atoms with van der Waals surface area (Å²) in [7, 11) is 0. The molecule has 1 heterocycles. The van der Waals surface area contributed by atoms with Gasteiger partial charge >= 0.3 is 0 Å². The monoisotopic (exact) mass is 307 g/mol. The van der Waals surface area contributed by atoms with Crippen LogP contribution in [0.1, 0.15) is 20.8 Å². The maximum absolute atomic E-state index is 9.33. The van der Waals surface area contributed by atoms with Crippen LogP contribution in [0.5, 0.6) is 0 Å². The first-order chi connectivity index (χ1) is 7.34. The molecule has 0 unspecified atom stereocenters. The molecule has 1 rings (SSSR count). The predicted molar refractivity (Wildman–Crippen MR) is 68.7 cm³/mol. The van der Waals surface area contributed by atoms with E-state index in [0.717, 1.165) is 4.47 Å². The van der Waals surface area contributed by atoms with Crippen molar-refractivity contribution in [2.75, 3.05) is 11.9 Å². The Kier molecular flexibility index (Phi) is 4.52. The van der Waals surface area contributed by atoms with Crippen molar-refractivity contribution in [1.82, 2.24) is 9.97 Å². The number of hydrogen-bond acceptors (Lipinski definition) is 4. The Morgan fingerprint density at radius 1 is 1.56 bits per heavy atom. The number of nitrogens with one attached hydrogen (secondary N) is 1. The lowest BCUT2D eigenvalue weighted by molar-refractivity contribution is 0.201. The molecule has 0 aromatic carbocycles. The molecule has 0 aliphatic carbocycles. The Bertz CT molecular complexity index is 368. The van der Waals surface area contributed by atoms with Crippen molar-refractivity contribution in [2.24, 2.45) is 5.41 Å². The Morgan fingerprint density at radius 2 is 2.19 bits per heavy atom. The van der Waals surface area contributed by atoms with Crippen molar-refractivity contribution >= 4 is 33.3 Å². The molecule has 1 atom stereocenters. The molecule has 0 saturated heterocycles. The number of aromatic nitrogens is 2. The summed E-state index contributed by atoms with van der Waals surface area (Å²) in [6.45, 7) is 6.14. The number of halogens is 2. The molecule has 0 aliphatic heterocycles. The van der Waals surface area contributed by atoms with Gasteiger partial charge in [0.05, 0.1) is 17.1 Å². The van der Waals surface area contributed by atoms with Crippen molar-refractivity contribution in [1.29, 1.82) is 0 Å². The molecular weight excluding hydrogens is 293 g/mol. The molecule has 4 nitrogen and oxygen atoms in total. The van der Waals surface area contributed by atoms with E-state index in [1.165, 1.54) is 0 Å². The molecule has 1 aromatic heterocycles. The zero-order valence-corrected chi connectivity index (χ0v) is 11.8. The highest BCUT2D eigenvalue weighted by Crippen LogP contribution is 2.26. The number of rotatable bonds is 3. The SMILES string of the molecule is CC(C)(C)[C@H](CO)Nc1nc(Cl)ncc1Br. The largest absolute Gasteiger partial charge is 0.394 e. The van der Waals surface area contributed by atoms with Gasteiger partial charge in [0.15, 0.2) is 0 Å². The van der Waals surface area contributed by atoms with Crippen LogP contribution in [0.15, 0.2) is 10.7 Å². The normalized spacial score (nSPS) is 13.6. The summed E-state index contributed by atoms with van der Waals surface area (Å²) >= 11 is 9.04. The maximum atomic E-state index is 9.33. The van der Waals surface area contributed by atoms with Crippen LogP contribution in [0.2, 0.25) is 5.28 Å². The van der Waals surface area contributed by atoms with E-state index in [0.29, 0.717) is 5.82 Å². The van der Waals surface area contributed by atoms with E-state index in [1.54, 1.807) is 6.20 Å². The molecule has 0 fully saturated rings. The molecule has 16 heavy (non-hydrogen) atoms. The Balaban J connectivity index is 2.90. The lowest BCUT2D eigenvalue weighted by atomic mass is 9.87. The van der Waals surface area contributed by atoms with E-state index < -0.39 is 0 Å². The van der Waals surface area contributed by atoms with Gasteiger partial charge in [0.1, 0.15) is 5.82 Å². The van der Waals surface area contributed by atoms with Gasteiger partial charge in [0, 0.05) is 6.20 Å². The molecule has 0 bridgehead atoms. The Hall–Kier alpha value is -0.390. The van der Waals surface area contributed by atoms with Crippen LogP contribution in [0.4, 0.5) is 5.82 Å². The van der Waals surface area contributed by atoms with Crippen molar-refractivity contribution in [3.63, 3.8) is 0 Å². The first-order valence-corrected chi connectivity index (χ1v) is 6.07. The highest BCUT2D eigenvalue weighted by Gasteiger charge is 2.24. The molecule has 2 N–H and O–H groups in total. The summed E-state index contributed by atoms with van der Waals surface area (Å²) < 4.78 is 0.722. The Morgan fingerprint density at radius 3 is 2.69 bits per heavy atom. The second-order valence-corrected chi connectivity index (χ2v) is 5.77. The molecule has 0 amide bonds. The van der Waals surface area contributed by atoms with Crippen molar-refractivity contribution in [2.45, 2.75) is 26.8 Å². The maximum Gasteiger partial charge on any atom is 0.224 e. The average molecular weight is 309 g/mol. The van der Waals surface area contributed by atoms with E-state index in [2.05, 4.69) is 31.2 Å². The van der Waals surface area contributed by atoms with Gasteiger partial charge in [-0.2, -0.15) is 4.98 Å². The smallest absolute Gasteiger partial charge is 0.224 e. The van der Waals surface area contributed by atoms with Crippen LogP contribution in [0, 0.1) is 5.41 Å². The van der Waals surface area contributed by atoms with E-state index in [9.17, 15) is 5.11 Å². The number of aliphatic hydroxyl groups excluding tert-OH is 1. The van der Waals surface area contributed by atoms with Gasteiger partial charge in [0.2, 0.25) is 5.28 Å². The van der Waals surface area contributed by atoms with Crippen LogP contribution in [0.3, 0.4) is 0 Å². The molecule has 0 saturated carbocycles. The second kappa shape index (κ2) is 5.29.